The molecule has 2 amide bonds. The lowest BCUT2D eigenvalue weighted by molar-refractivity contribution is -0.115. The lowest BCUT2D eigenvalue weighted by Gasteiger charge is -2.06. The Morgan fingerprint density at radius 1 is 1.15 bits per heavy atom. The summed E-state index contributed by atoms with van der Waals surface area (Å²) >= 11 is 1.44. The zero-order chi connectivity index (χ0) is 19.1. The van der Waals surface area contributed by atoms with Crippen LogP contribution in [0.15, 0.2) is 58.3 Å². The summed E-state index contributed by atoms with van der Waals surface area (Å²) in [5, 5.41) is 14.4. The molecular formula is C18H19N5O3S. The second-order valence-electron chi connectivity index (χ2n) is 5.63. The highest BCUT2D eigenvalue weighted by Crippen LogP contribution is 2.17. The Morgan fingerprint density at radius 3 is 2.70 bits per heavy atom. The van der Waals surface area contributed by atoms with Gasteiger partial charge in [-0.2, -0.15) is 0 Å². The molecule has 0 aliphatic rings. The highest BCUT2D eigenvalue weighted by atomic mass is 32.2. The van der Waals surface area contributed by atoms with Crippen LogP contribution in [0.2, 0.25) is 0 Å². The fraction of sp³-hybridized carbons (Fsp3) is 0.222. The van der Waals surface area contributed by atoms with E-state index in [9.17, 15) is 9.59 Å². The van der Waals surface area contributed by atoms with Gasteiger partial charge >= 0.3 is 0 Å². The van der Waals surface area contributed by atoms with Gasteiger partial charge in [-0.3, -0.25) is 9.59 Å². The molecule has 2 aromatic heterocycles. The van der Waals surface area contributed by atoms with Gasteiger partial charge in [-0.25, -0.2) is 0 Å². The molecule has 3 rings (SSSR count). The van der Waals surface area contributed by atoms with Gasteiger partial charge in [0.1, 0.15) is 0 Å². The first kappa shape index (κ1) is 18.7. The van der Waals surface area contributed by atoms with Crippen LogP contribution < -0.4 is 10.6 Å². The molecular weight excluding hydrogens is 366 g/mol. The Morgan fingerprint density at radius 2 is 1.96 bits per heavy atom. The van der Waals surface area contributed by atoms with E-state index >= 15 is 0 Å². The molecule has 0 fully saturated rings. The standard InChI is InChI=1S/C18H19N5O3S/c1-23-15(12-19-17(25)14-8-5-10-26-14)21-22-18(23)27-11-9-16(24)20-13-6-3-2-4-7-13/h2-8,10H,9,11-12H2,1H3,(H,19,25)(H,20,24). The Bertz CT molecular complexity index is 893. The first-order valence-corrected chi connectivity index (χ1v) is 9.29. The second-order valence-corrected chi connectivity index (χ2v) is 6.69. The van der Waals surface area contributed by atoms with Gasteiger partial charge in [0.2, 0.25) is 5.91 Å². The molecule has 0 unspecified atom stereocenters. The summed E-state index contributed by atoms with van der Waals surface area (Å²) in [6.07, 6.45) is 1.80. The molecule has 2 N–H and O–H groups in total. The van der Waals surface area contributed by atoms with E-state index in [2.05, 4.69) is 20.8 Å². The predicted octanol–water partition coefficient (Wildman–Crippen LogP) is 2.46. The van der Waals surface area contributed by atoms with Crippen molar-refractivity contribution in [2.75, 3.05) is 11.1 Å². The van der Waals surface area contributed by atoms with Crippen molar-refractivity contribution in [1.82, 2.24) is 20.1 Å². The van der Waals surface area contributed by atoms with Crippen molar-refractivity contribution in [3.05, 3.63) is 60.3 Å². The van der Waals surface area contributed by atoms with E-state index in [0.29, 0.717) is 23.2 Å². The molecule has 0 atom stereocenters. The van der Waals surface area contributed by atoms with Gasteiger partial charge in [-0.1, -0.05) is 30.0 Å². The van der Waals surface area contributed by atoms with Crippen LogP contribution in [0.4, 0.5) is 5.69 Å². The molecule has 0 bridgehead atoms. The zero-order valence-electron chi connectivity index (χ0n) is 14.7. The number of nitrogens with one attached hydrogen (secondary N) is 2. The fourth-order valence-corrected chi connectivity index (χ4v) is 3.13. The summed E-state index contributed by atoms with van der Waals surface area (Å²) in [7, 11) is 1.82. The van der Waals surface area contributed by atoms with Gasteiger partial charge in [-0.05, 0) is 24.3 Å². The minimum Gasteiger partial charge on any atom is -0.459 e. The lowest BCUT2D eigenvalue weighted by atomic mass is 10.3. The van der Waals surface area contributed by atoms with Gasteiger partial charge in [0, 0.05) is 24.9 Å². The molecule has 0 saturated heterocycles. The molecule has 3 aromatic rings. The van der Waals surface area contributed by atoms with Crippen molar-refractivity contribution < 1.29 is 14.0 Å². The average molecular weight is 385 g/mol. The zero-order valence-corrected chi connectivity index (χ0v) is 15.5. The van der Waals surface area contributed by atoms with E-state index in [1.807, 2.05) is 37.4 Å². The maximum atomic E-state index is 12.0. The van der Waals surface area contributed by atoms with Crippen LogP contribution in [0, 0.1) is 0 Å². The maximum absolute atomic E-state index is 12.0. The number of anilines is 1. The van der Waals surface area contributed by atoms with Crippen LogP contribution in [-0.4, -0.2) is 32.3 Å². The van der Waals surface area contributed by atoms with E-state index in [1.165, 1.54) is 18.0 Å². The number of thioether (sulfide) groups is 1. The van der Waals surface area contributed by atoms with Gasteiger partial charge in [0.25, 0.3) is 5.91 Å². The number of nitrogens with zero attached hydrogens (tertiary/aromatic N) is 3. The molecule has 0 radical (unpaired) electrons. The number of hydrogen-bond acceptors (Lipinski definition) is 6. The smallest absolute Gasteiger partial charge is 0.287 e. The van der Waals surface area contributed by atoms with Gasteiger partial charge in [-0.15, -0.1) is 10.2 Å². The van der Waals surface area contributed by atoms with Crippen molar-refractivity contribution in [2.45, 2.75) is 18.1 Å². The van der Waals surface area contributed by atoms with Crippen LogP contribution in [0.25, 0.3) is 0 Å². The maximum Gasteiger partial charge on any atom is 0.287 e. The molecule has 140 valence electrons. The van der Waals surface area contributed by atoms with E-state index < -0.39 is 0 Å². The molecule has 27 heavy (non-hydrogen) atoms. The number of carbonyl (C=O) groups excluding carboxylic acids is 2. The van der Waals surface area contributed by atoms with Crippen LogP contribution >= 0.6 is 11.8 Å². The Balaban J connectivity index is 1.44. The third kappa shape index (κ3) is 5.20. The third-order valence-electron chi connectivity index (χ3n) is 3.69. The van der Waals surface area contributed by atoms with Crippen molar-refractivity contribution >= 4 is 29.3 Å². The molecule has 2 heterocycles. The summed E-state index contributed by atoms with van der Waals surface area (Å²) in [6, 6.07) is 12.6. The fourth-order valence-electron chi connectivity index (χ4n) is 2.26. The van der Waals surface area contributed by atoms with Crippen LogP contribution in [-0.2, 0) is 18.4 Å². The van der Waals surface area contributed by atoms with Crippen molar-refractivity contribution in [3.8, 4) is 0 Å². The van der Waals surface area contributed by atoms with Crippen molar-refractivity contribution in [1.29, 1.82) is 0 Å². The van der Waals surface area contributed by atoms with Gasteiger partial charge < -0.3 is 19.6 Å². The average Bonchev–Trinajstić information content (AvgIpc) is 3.32. The second kappa shape index (κ2) is 9.04. The molecule has 0 spiro atoms. The quantitative estimate of drug-likeness (QED) is 0.578. The number of amides is 2. The molecule has 1 aromatic carbocycles. The number of carbonyl (C=O) groups is 2. The first-order chi connectivity index (χ1) is 13.1. The Labute approximate surface area is 160 Å². The number of aromatic nitrogens is 3. The van der Waals surface area contributed by atoms with Gasteiger partial charge in [0.05, 0.1) is 12.8 Å². The third-order valence-corrected chi connectivity index (χ3v) is 4.72. The van der Waals surface area contributed by atoms with Crippen LogP contribution in [0.1, 0.15) is 22.8 Å². The van der Waals surface area contributed by atoms with Crippen LogP contribution in [0.3, 0.4) is 0 Å². The van der Waals surface area contributed by atoms with E-state index in [-0.39, 0.29) is 24.1 Å². The van der Waals surface area contributed by atoms with Gasteiger partial charge in [0.15, 0.2) is 16.7 Å². The van der Waals surface area contributed by atoms with E-state index in [4.69, 9.17) is 4.42 Å². The molecule has 9 heteroatoms. The lowest BCUT2D eigenvalue weighted by Crippen LogP contribution is -2.24. The summed E-state index contributed by atoms with van der Waals surface area (Å²) in [6.45, 7) is 0.234. The normalized spacial score (nSPS) is 10.6. The number of benzene rings is 1. The topological polar surface area (TPSA) is 102 Å². The minimum atomic E-state index is -0.310. The number of hydrogen-bond donors (Lipinski definition) is 2. The molecule has 0 aliphatic carbocycles. The number of furan rings is 1. The SMILES string of the molecule is Cn1c(CNC(=O)c2ccco2)nnc1SCCC(=O)Nc1ccccc1. The monoisotopic (exact) mass is 385 g/mol. The van der Waals surface area contributed by atoms with Crippen molar-refractivity contribution in [2.24, 2.45) is 7.05 Å². The summed E-state index contributed by atoms with van der Waals surface area (Å²) in [5.41, 5.74) is 0.778. The summed E-state index contributed by atoms with van der Waals surface area (Å²) in [4.78, 5) is 23.8. The number of rotatable bonds is 8. The highest BCUT2D eigenvalue weighted by molar-refractivity contribution is 7.99. The van der Waals surface area contributed by atoms with E-state index in [0.717, 1.165) is 5.69 Å². The highest BCUT2D eigenvalue weighted by Gasteiger charge is 2.13. The van der Waals surface area contributed by atoms with Crippen LogP contribution in [0.5, 0.6) is 0 Å². The van der Waals surface area contributed by atoms with E-state index in [1.54, 1.807) is 16.7 Å². The molecule has 0 saturated carbocycles. The molecule has 0 aliphatic heterocycles. The Hall–Kier alpha value is -3.07. The number of para-hydroxylation sites is 1. The molecule has 8 nitrogen and oxygen atoms in total. The minimum absolute atomic E-state index is 0.0539. The predicted molar refractivity (Wildman–Crippen MR) is 101 cm³/mol. The summed E-state index contributed by atoms with van der Waals surface area (Å²) < 4.78 is 6.83. The summed E-state index contributed by atoms with van der Waals surface area (Å²) in [5.74, 6) is 1.07. The largest absolute Gasteiger partial charge is 0.459 e. The first-order valence-electron chi connectivity index (χ1n) is 8.31. The Kier molecular flexibility index (Phi) is 6.26. The van der Waals surface area contributed by atoms with Crippen molar-refractivity contribution in [3.63, 3.8) is 0 Å².